The Kier molecular flexibility index (Phi) is 11.6. The Morgan fingerprint density at radius 3 is 1.35 bits per heavy atom. The molecule has 0 aromatic heterocycles. The first-order chi connectivity index (χ1) is 19.6. The molecule has 0 bridgehead atoms. The molecule has 0 spiro atoms. The lowest BCUT2D eigenvalue weighted by Gasteiger charge is -2.35. The van der Waals surface area contributed by atoms with Crippen molar-refractivity contribution in [3.63, 3.8) is 0 Å². The van der Waals surface area contributed by atoms with E-state index in [4.69, 9.17) is 14.2 Å². The molecule has 208 valence electrons. The van der Waals surface area contributed by atoms with E-state index in [1.165, 1.54) is 0 Å². The van der Waals surface area contributed by atoms with Crippen molar-refractivity contribution in [3.05, 3.63) is 144 Å². The fourth-order valence-electron chi connectivity index (χ4n) is 4.45. The van der Waals surface area contributed by atoms with Crippen molar-refractivity contribution in [2.45, 2.75) is 50.7 Å². The van der Waals surface area contributed by atoms with Gasteiger partial charge in [-0.05, 0) is 22.3 Å². The molecular formula is C34H36O6. The van der Waals surface area contributed by atoms with Crippen LogP contribution in [0, 0.1) is 0 Å². The molecule has 0 amide bonds. The minimum Gasteiger partial charge on any atom is -0.394 e. The van der Waals surface area contributed by atoms with Gasteiger partial charge in [0.15, 0.2) is 5.78 Å². The lowest BCUT2D eigenvalue weighted by Crippen LogP contribution is -2.52. The Balaban J connectivity index is 1.65. The number of rotatable bonds is 16. The van der Waals surface area contributed by atoms with Gasteiger partial charge in [0, 0.05) is 6.42 Å². The average molecular weight is 541 g/mol. The van der Waals surface area contributed by atoms with Crippen molar-refractivity contribution in [1.82, 2.24) is 0 Å². The fourth-order valence-corrected chi connectivity index (χ4v) is 4.45. The average Bonchev–Trinajstić information content (AvgIpc) is 3.01. The molecule has 6 nitrogen and oxygen atoms in total. The maximum absolute atomic E-state index is 13.9. The number of Topliss-reactive ketones (excluding diaryl/α,β-unsaturated/α-hetero) is 1. The first-order valence-corrected chi connectivity index (χ1v) is 13.5. The normalized spacial score (nSPS) is 14.2. The summed E-state index contributed by atoms with van der Waals surface area (Å²) >= 11 is 0. The van der Waals surface area contributed by atoms with Crippen molar-refractivity contribution >= 4 is 5.78 Å². The standard InChI is InChI=1S/C34H36O6/c35-22-31(37)33(39-24-28-17-9-3-10-18-28)34(40-25-29-19-11-4-12-20-29)32(38-23-27-15-7-2-8-16-27)30(36)21-26-13-5-1-6-14-26/h1-20,31-35,37H,21-25H2/t31-,32+,33+,34-/m1/s1. The van der Waals surface area contributed by atoms with Crippen molar-refractivity contribution < 1.29 is 29.2 Å². The van der Waals surface area contributed by atoms with Crippen LogP contribution in [0.2, 0.25) is 0 Å². The Morgan fingerprint density at radius 1 is 0.550 bits per heavy atom. The molecule has 0 unspecified atom stereocenters. The SMILES string of the molecule is O=C(Cc1ccccc1)[C@H](OCc1ccccc1)[C@@H](OCc1ccccc1)[C@@H](OCc1ccccc1)[C@H](O)CO. The van der Waals surface area contributed by atoms with Gasteiger partial charge in [-0.3, -0.25) is 4.79 Å². The zero-order chi connectivity index (χ0) is 28.0. The molecule has 4 rings (SSSR count). The van der Waals surface area contributed by atoms with Crippen LogP contribution in [-0.2, 0) is 45.2 Å². The third-order valence-electron chi connectivity index (χ3n) is 6.57. The van der Waals surface area contributed by atoms with Crippen molar-refractivity contribution in [2.24, 2.45) is 0 Å². The van der Waals surface area contributed by atoms with Crippen LogP contribution >= 0.6 is 0 Å². The van der Waals surface area contributed by atoms with Gasteiger partial charge in [0.25, 0.3) is 0 Å². The molecule has 6 heteroatoms. The number of ether oxygens (including phenoxy) is 3. The lowest BCUT2D eigenvalue weighted by molar-refractivity contribution is -0.187. The number of carbonyl (C=O) groups excluding carboxylic acids is 1. The molecule has 0 saturated heterocycles. The van der Waals surface area contributed by atoms with Crippen LogP contribution in [0.1, 0.15) is 22.3 Å². The minimum atomic E-state index is -1.31. The molecule has 4 aromatic rings. The van der Waals surface area contributed by atoms with Gasteiger partial charge >= 0.3 is 0 Å². The van der Waals surface area contributed by atoms with E-state index >= 15 is 0 Å². The van der Waals surface area contributed by atoms with E-state index in [1.54, 1.807) is 0 Å². The second kappa shape index (κ2) is 15.8. The van der Waals surface area contributed by atoms with Gasteiger partial charge in [0.2, 0.25) is 0 Å². The van der Waals surface area contributed by atoms with E-state index < -0.39 is 31.0 Å². The van der Waals surface area contributed by atoms with E-state index in [-0.39, 0.29) is 32.0 Å². The zero-order valence-corrected chi connectivity index (χ0v) is 22.4. The fraction of sp³-hybridized carbons (Fsp3) is 0.265. The molecule has 0 aliphatic heterocycles. The van der Waals surface area contributed by atoms with Crippen LogP contribution in [-0.4, -0.2) is 47.0 Å². The molecule has 4 atom stereocenters. The van der Waals surface area contributed by atoms with Crippen LogP contribution in [0.4, 0.5) is 0 Å². The number of hydrogen-bond acceptors (Lipinski definition) is 6. The highest BCUT2D eigenvalue weighted by Gasteiger charge is 2.40. The monoisotopic (exact) mass is 540 g/mol. The van der Waals surface area contributed by atoms with Crippen LogP contribution in [0.3, 0.4) is 0 Å². The van der Waals surface area contributed by atoms with Gasteiger partial charge in [0.1, 0.15) is 24.4 Å². The topological polar surface area (TPSA) is 85.2 Å². The van der Waals surface area contributed by atoms with Crippen LogP contribution in [0.5, 0.6) is 0 Å². The molecule has 0 radical (unpaired) electrons. The molecule has 0 fully saturated rings. The van der Waals surface area contributed by atoms with E-state index in [2.05, 4.69) is 0 Å². The molecule has 0 aliphatic carbocycles. The van der Waals surface area contributed by atoms with E-state index in [0.717, 1.165) is 22.3 Å². The first-order valence-electron chi connectivity index (χ1n) is 13.5. The van der Waals surface area contributed by atoms with E-state index in [1.807, 2.05) is 121 Å². The maximum Gasteiger partial charge on any atom is 0.168 e. The molecule has 4 aromatic carbocycles. The molecular weight excluding hydrogens is 504 g/mol. The summed E-state index contributed by atoms with van der Waals surface area (Å²) in [5.74, 6) is -0.210. The zero-order valence-electron chi connectivity index (χ0n) is 22.4. The maximum atomic E-state index is 13.9. The smallest absolute Gasteiger partial charge is 0.168 e. The lowest BCUT2D eigenvalue weighted by atomic mass is 9.95. The summed E-state index contributed by atoms with van der Waals surface area (Å²) in [5.41, 5.74) is 3.51. The van der Waals surface area contributed by atoms with Gasteiger partial charge in [-0.15, -0.1) is 0 Å². The highest BCUT2D eigenvalue weighted by Crippen LogP contribution is 2.23. The third kappa shape index (κ3) is 8.95. The Hall–Kier alpha value is -3.65. The molecule has 2 N–H and O–H groups in total. The van der Waals surface area contributed by atoms with Gasteiger partial charge in [-0.1, -0.05) is 121 Å². The molecule has 0 aliphatic rings. The number of aliphatic hydroxyl groups excluding tert-OH is 2. The first kappa shape index (κ1) is 29.3. The van der Waals surface area contributed by atoms with Crippen molar-refractivity contribution in [2.75, 3.05) is 6.61 Å². The summed E-state index contributed by atoms with van der Waals surface area (Å²) in [6.07, 6.45) is -4.32. The van der Waals surface area contributed by atoms with Crippen LogP contribution in [0.15, 0.2) is 121 Å². The summed E-state index contributed by atoms with van der Waals surface area (Å²) in [6, 6.07) is 38.1. The summed E-state index contributed by atoms with van der Waals surface area (Å²) in [5, 5.41) is 20.9. The van der Waals surface area contributed by atoms with Crippen LogP contribution < -0.4 is 0 Å². The summed E-state index contributed by atoms with van der Waals surface area (Å²) < 4.78 is 18.9. The van der Waals surface area contributed by atoms with Gasteiger partial charge in [-0.25, -0.2) is 0 Å². The summed E-state index contributed by atoms with van der Waals surface area (Å²) in [6.45, 7) is -0.0779. The molecule has 40 heavy (non-hydrogen) atoms. The summed E-state index contributed by atoms with van der Waals surface area (Å²) in [4.78, 5) is 13.9. The number of carbonyl (C=O) groups is 1. The second-order valence-electron chi connectivity index (χ2n) is 9.62. The van der Waals surface area contributed by atoms with Gasteiger partial charge in [-0.2, -0.15) is 0 Å². The third-order valence-corrected chi connectivity index (χ3v) is 6.57. The van der Waals surface area contributed by atoms with Crippen molar-refractivity contribution in [3.8, 4) is 0 Å². The Bertz CT molecular complexity index is 1250. The van der Waals surface area contributed by atoms with Gasteiger partial charge in [0.05, 0.1) is 26.4 Å². The van der Waals surface area contributed by atoms with Crippen molar-refractivity contribution in [1.29, 1.82) is 0 Å². The number of hydrogen-bond donors (Lipinski definition) is 2. The minimum absolute atomic E-state index is 0.117. The second-order valence-corrected chi connectivity index (χ2v) is 9.62. The number of ketones is 1. The number of benzene rings is 4. The predicted molar refractivity (Wildman–Crippen MR) is 153 cm³/mol. The highest BCUT2D eigenvalue weighted by molar-refractivity contribution is 5.86. The predicted octanol–water partition coefficient (Wildman–Crippen LogP) is 4.91. The summed E-state index contributed by atoms with van der Waals surface area (Å²) in [7, 11) is 0. The van der Waals surface area contributed by atoms with E-state index in [9.17, 15) is 15.0 Å². The number of aliphatic hydroxyl groups is 2. The largest absolute Gasteiger partial charge is 0.394 e. The quantitative estimate of drug-likeness (QED) is 0.210. The molecule has 0 saturated carbocycles. The van der Waals surface area contributed by atoms with Crippen LogP contribution in [0.25, 0.3) is 0 Å². The molecule has 0 heterocycles. The highest BCUT2D eigenvalue weighted by atomic mass is 16.6. The Morgan fingerprint density at radius 2 is 0.925 bits per heavy atom. The Labute approximate surface area is 235 Å². The van der Waals surface area contributed by atoms with Gasteiger partial charge < -0.3 is 24.4 Å². The van der Waals surface area contributed by atoms with E-state index in [0.29, 0.717) is 0 Å².